The molecule has 1 aromatic carbocycles. The fraction of sp³-hybridized carbons (Fsp3) is 0.462. The van der Waals surface area contributed by atoms with Gasteiger partial charge in [-0.3, -0.25) is 0 Å². The van der Waals surface area contributed by atoms with E-state index in [1.54, 1.807) is 4.90 Å². The number of benzene rings is 1. The van der Waals surface area contributed by atoms with Crippen molar-refractivity contribution >= 4 is 11.7 Å². The molecule has 1 aromatic rings. The SMILES string of the molecule is CCCN(Cc1ccccc1N)C(=O)NCC. The van der Waals surface area contributed by atoms with Gasteiger partial charge in [-0.05, 0) is 25.0 Å². The molecule has 1 rings (SSSR count). The molecule has 0 aliphatic heterocycles. The van der Waals surface area contributed by atoms with Crippen LogP contribution >= 0.6 is 0 Å². The lowest BCUT2D eigenvalue weighted by atomic mass is 10.1. The van der Waals surface area contributed by atoms with Crippen LogP contribution in [0.25, 0.3) is 0 Å². The van der Waals surface area contributed by atoms with Crippen LogP contribution < -0.4 is 11.1 Å². The summed E-state index contributed by atoms with van der Waals surface area (Å²) in [5.41, 5.74) is 7.61. The van der Waals surface area contributed by atoms with Gasteiger partial charge in [-0.15, -0.1) is 0 Å². The lowest BCUT2D eigenvalue weighted by Gasteiger charge is -2.23. The number of nitrogens with two attached hydrogens (primary N) is 1. The Morgan fingerprint density at radius 3 is 2.65 bits per heavy atom. The van der Waals surface area contributed by atoms with Gasteiger partial charge in [-0.2, -0.15) is 0 Å². The minimum Gasteiger partial charge on any atom is -0.398 e. The minimum absolute atomic E-state index is 0.0300. The first-order valence-corrected chi connectivity index (χ1v) is 6.05. The van der Waals surface area contributed by atoms with E-state index in [1.807, 2.05) is 31.2 Å². The highest BCUT2D eigenvalue weighted by atomic mass is 16.2. The standard InChI is InChI=1S/C13H21N3O/c1-3-9-16(13(17)15-4-2)10-11-7-5-6-8-12(11)14/h5-8H,3-4,9-10,14H2,1-2H3,(H,15,17). The van der Waals surface area contributed by atoms with Crippen LogP contribution in [-0.2, 0) is 6.54 Å². The number of amides is 2. The molecule has 17 heavy (non-hydrogen) atoms. The number of urea groups is 1. The van der Waals surface area contributed by atoms with Gasteiger partial charge in [0, 0.05) is 25.3 Å². The second-order valence-corrected chi connectivity index (χ2v) is 3.96. The van der Waals surface area contributed by atoms with Crippen LogP contribution in [0.3, 0.4) is 0 Å². The normalized spacial score (nSPS) is 10.0. The van der Waals surface area contributed by atoms with Gasteiger partial charge in [-0.1, -0.05) is 25.1 Å². The summed E-state index contributed by atoms with van der Waals surface area (Å²) in [5.74, 6) is 0. The summed E-state index contributed by atoms with van der Waals surface area (Å²) < 4.78 is 0. The first-order valence-electron chi connectivity index (χ1n) is 6.05. The zero-order chi connectivity index (χ0) is 12.7. The van der Waals surface area contributed by atoms with Crippen LogP contribution in [0.2, 0.25) is 0 Å². The molecular weight excluding hydrogens is 214 g/mol. The summed E-state index contributed by atoms with van der Waals surface area (Å²) in [6.45, 7) is 5.91. The van der Waals surface area contributed by atoms with Crippen molar-refractivity contribution in [3.63, 3.8) is 0 Å². The summed E-state index contributed by atoms with van der Waals surface area (Å²) in [7, 11) is 0. The fourth-order valence-electron chi connectivity index (χ4n) is 1.67. The monoisotopic (exact) mass is 235 g/mol. The molecule has 0 heterocycles. The molecule has 4 nitrogen and oxygen atoms in total. The van der Waals surface area contributed by atoms with E-state index >= 15 is 0 Å². The van der Waals surface area contributed by atoms with Crippen LogP contribution in [0.5, 0.6) is 0 Å². The number of nitrogens with one attached hydrogen (secondary N) is 1. The summed E-state index contributed by atoms with van der Waals surface area (Å²) in [5, 5.41) is 2.82. The Balaban J connectivity index is 2.73. The van der Waals surface area contributed by atoms with E-state index in [0.717, 1.165) is 24.2 Å². The third-order valence-electron chi connectivity index (χ3n) is 2.53. The summed E-state index contributed by atoms with van der Waals surface area (Å²) in [6.07, 6.45) is 0.934. The molecule has 2 amide bonds. The number of nitrogens with zero attached hydrogens (tertiary/aromatic N) is 1. The number of anilines is 1. The van der Waals surface area contributed by atoms with Crippen LogP contribution in [0, 0.1) is 0 Å². The zero-order valence-electron chi connectivity index (χ0n) is 10.6. The van der Waals surface area contributed by atoms with Gasteiger partial charge in [0.1, 0.15) is 0 Å². The van der Waals surface area contributed by atoms with Crippen LogP contribution in [-0.4, -0.2) is 24.0 Å². The van der Waals surface area contributed by atoms with E-state index in [-0.39, 0.29) is 6.03 Å². The van der Waals surface area contributed by atoms with Crippen molar-refractivity contribution in [2.45, 2.75) is 26.8 Å². The van der Waals surface area contributed by atoms with Crippen molar-refractivity contribution in [2.75, 3.05) is 18.8 Å². The number of para-hydroxylation sites is 1. The Morgan fingerprint density at radius 1 is 1.35 bits per heavy atom. The predicted molar refractivity (Wildman–Crippen MR) is 70.6 cm³/mol. The predicted octanol–water partition coefficient (Wildman–Crippen LogP) is 2.21. The number of rotatable bonds is 5. The Kier molecular flexibility index (Phi) is 5.33. The Morgan fingerprint density at radius 2 is 2.06 bits per heavy atom. The van der Waals surface area contributed by atoms with Gasteiger partial charge in [0.05, 0.1) is 0 Å². The molecular formula is C13H21N3O. The third-order valence-corrected chi connectivity index (χ3v) is 2.53. The van der Waals surface area contributed by atoms with E-state index in [0.29, 0.717) is 13.1 Å². The summed E-state index contributed by atoms with van der Waals surface area (Å²) in [4.78, 5) is 13.6. The molecule has 4 heteroatoms. The minimum atomic E-state index is -0.0300. The Bertz CT molecular complexity index is 365. The molecule has 0 unspecified atom stereocenters. The first kappa shape index (κ1) is 13.4. The number of hydrogen-bond acceptors (Lipinski definition) is 2. The second-order valence-electron chi connectivity index (χ2n) is 3.96. The smallest absolute Gasteiger partial charge is 0.317 e. The molecule has 0 bridgehead atoms. The fourth-order valence-corrected chi connectivity index (χ4v) is 1.67. The van der Waals surface area contributed by atoms with E-state index in [4.69, 9.17) is 5.73 Å². The lowest BCUT2D eigenvalue weighted by Crippen LogP contribution is -2.39. The molecule has 0 aliphatic rings. The molecule has 0 aliphatic carbocycles. The number of hydrogen-bond donors (Lipinski definition) is 2. The average molecular weight is 235 g/mol. The van der Waals surface area contributed by atoms with Gasteiger partial charge < -0.3 is 16.0 Å². The van der Waals surface area contributed by atoms with Gasteiger partial charge in [-0.25, -0.2) is 4.79 Å². The van der Waals surface area contributed by atoms with Gasteiger partial charge in [0.2, 0.25) is 0 Å². The molecule has 0 radical (unpaired) electrons. The van der Waals surface area contributed by atoms with E-state index in [1.165, 1.54) is 0 Å². The quantitative estimate of drug-likeness (QED) is 0.769. The maximum atomic E-state index is 11.8. The van der Waals surface area contributed by atoms with Crippen molar-refractivity contribution in [3.05, 3.63) is 29.8 Å². The molecule has 0 saturated heterocycles. The largest absolute Gasteiger partial charge is 0.398 e. The van der Waals surface area contributed by atoms with E-state index in [2.05, 4.69) is 12.2 Å². The summed E-state index contributed by atoms with van der Waals surface area (Å²) in [6, 6.07) is 7.62. The van der Waals surface area contributed by atoms with Crippen LogP contribution in [0.1, 0.15) is 25.8 Å². The molecule has 0 fully saturated rings. The maximum absolute atomic E-state index is 11.8. The Labute approximate surface area is 103 Å². The van der Waals surface area contributed by atoms with Crippen molar-refractivity contribution in [1.82, 2.24) is 10.2 Å². The molecule has 3 N–H and O–H groups in total. The van der Waals surface area contributed by atoms with Crippen molar-refractivity contribution in [2.24, 2.45) is 0 Å². The lowest BCUT2D eigenvalue weighted by molar-refractivity contribution is 0.196. The highest BCUT2D eigenvalue weighted by molar-refractivity contribution is 5.74. The zero-order valence-corrected chi connectivity index (χ0v) is 10.6. The van der Waals surface area contributed by atoms with Crippen LogP contribution in [0.15, 0.2) is 24.3 Å². The Hall–Kier alpha value is -1.71. The van der Waals surface area contributed by atoms with Crippen molar-refractivity contribution in [1.29, 1.82) is 0 Å². The molecule has 0 atom stereocenters. The van der Waals surface area contributed by atoms with E-state index in [9.17, 15) is 4.79 Å². The molecule has 0 spiro atoms. The number of carbonyl (C=O) groups excluding carboxylic acids is 1. The van der Waals surface area contributed by atoms with Gasteiger partial charge in [0.25, 0.3) is 0 Å². The topological polar surface area (TPSA) is 58.4 Å². The maximum Gasteiger partial charge on any atom is 0.317 e. The highest BCUT2D eigenvalue weighted by Crippen LogP contribution is 2.13. The average Bonchev–Trinajstić information content (AvgIpc) is 2.31. The highest BCUT2D eigenvalue weighted by Gasteiger charge is 2.12. The number of nitrogen functional groups attached to an aromatic ring is 1. The molecule has 94 valence electrons. The van der Waals surface area contributed by atoms with Crippen molar-refractivity contribution < 1.29 is 4.79 Å². The van der Waals surface area contributed by atoms with Gasteiger partial charge >= 0.3 is 6.03 Å². The van der Waals surface area contributed by atoms with Gasteiger partial charge in [0.15, 0.2) is 0 Å². The summed E-state index contributed by atoms with van der Waals surface area (Å²) >= 11 is 0. The first-order chi connectivity index (χ1) is 8.19. The van der Waals surface area contributed by atoms with E-state index < -0.39 is 0 Å². The number of carbonyl (C=O) groups is 1. The van der Waals surface area contributed by atoms with Crippen LogP contribution in [0.4, 0.5) is 10.5 Å². The second kappa shape index (κ2) is 6.78. The molecule has 0 saturated carbocycles. The third kappa shape index (κ3) is 3.98. The molecule has 0 aromatic heterocycles. The van der Waals surface area contributed by atoms with Crippen molar-refractivity contribution in [3.8, 4) is 0 Å².